The van der Waals surface area contributed by atoms with Gasteiger partial charge in [0.05, 0.1) is 18.4 Å². The summed E-state index contributed by atoms with van der Waals surface area (Å²) in [5.74, 6) is -0.616. The third-order valence-corrected chi connectivity index (χ3v) is 1.53. The molecule has 0 aliphatic heterocycles. The predicted octanol–water partition coefficient (Wildman–Crippen LogP) is 0.197. The quantitative estimate of drug-likeness (QED) is 0.549. The summed E-state index contributed by atoms with van der Waals surface area (Å²) in [4.78, 5) is 25.4. The summed E-state index contributed by atoms with van der Waals surface area (Å²) in [5.41, 5.74) is 0.126. The second kappa shape index (κ2) is 5.03. The molecule has 0 aliphatic carbocycles. The van der Waals surface area contributed by atoms with Gasteiger partial charge in [-0.3, -0.25) is 9.78 Å². The lowest BCUT2D eigenvalue weighted by Crippen LogP contribution is -2.28. The first-order valence-electron chi connectivity index (χ1n) is 3.96. The van der Waals surface area contributed by atoms with Gasteiger partial charge in [0, 0.05) is 6.20 Å². The van der Waals surface area contributed by atoms with Crippen molar-refractivity contribution in [1.82, 2.24) is 9.99 Å². The minimum Gasteiger partial charge on any atom is -0.394 e. The highest BCUT2D eigenvalue weighted by Crippen LogP contribution is 2.00. The van der Waals surface area contributed by atoms with Crippen molar-refractivity contribution >= 4 is 5.91 Å². The highest BCUT2D eigenvalue weighted by atomic mass is 16.3. The topological polar surface area (TPSA) is 82.9 Å². The summed E-state index contributed by atoms with van der Waals surface area (Å²) < 4.78 is 0. The van der Waals surface area contributed by atoms with Gasteiger partial charge in [0.25, 0.3) is 5.91 Å². The molecule has 0 saturated carbocycles. The number of hydrogen-bond acceptors (Lipinski definition) is 5. The van der Waals surface area contributed by atoms with Crippen LogP contribution in [0.5, 0.6) is 0 Å². The summed E-state index contributed by atoms with van der Waals surface area (Å²) in [5, 5.41) is 11.7. The summed E-state index contributed by atoms with van der Waals surface area (Å²) in [6.45, 7) is -0.441. The van der Waals surface area contributed by atoms with Gasteiger partial charge in [-0.2, -0.15) is 5.01 Å². The maximum Gasteiger partial charge on any atom is 0.295 e. The van der Waals surface area contributed by atoms with Gasteiger partial charge in [-0.1, -0.05) is 6.07 Å². The molecule has 1 aromatic rings. The Balaban J connectivity index is 2.78. The largest absolute Gasteiger partial charge is 0.394 e. The number of pyridine rings is 1. The van der Waals surface area contributed by atoms with Crippen LogP contribution < -0.4 is 0 Å². The van der Waals surface area contributed by atoms with Crippen molar-refractivity contribution in [3.63, 3.8) is 0 Å². The Bertz CT molecular complexity index is 315. The third-order valence-electron chi connectivity index (χ3n) is 1.53. The summed E-state index contributed by atoms with van der Waals surface area (Å²) in [6.07, 6.45) is 1.44. The molecule has 0 saturated heterocycles. The lowest BCUT2D eigenvalue weighted by Gasteiger charge is -2.10. The molecular formula is C8H9N3O3. The van der Waals surface area contributed by atoms with E-state index >= 15 is 0 Å². The van der Waals surface area contributed by atoms with Gasteiger partial charge in [0.2, 0.25) is 0 Å². The van der Waals surface area contributed by atoms with Crippen molar-refractivity contribution in [2.45, 2.75) is 0 Å². The molecule has 0 bridgehead atoms. The van der Waals surface area contributed by atoms with E-state index in [4.69, 9.17) is 5.11 Å². The molecule has 14 heavy (non-hydrogen) atoms. The molecule has 1 rings (SSSR count). The molecule has 1 aromatic heterocycles. The first-order valence-corrected chi connectivity index (χ1v) is 3.96. The summed E-state index contributed by atoms with van der Waals surface area (Å²) in [6, 6.07) is 4.75. The zero-order valence-electron chi connectivity index (χ0n) is 7.33. The van der Waals surface area contributed by atoms with E-state index < -0.39 is 5.91 Å². The number of aliphatic hydroxyl groups is 1. The smallest absolute Gasteiger partial charge is 0.295 e. The van der Waals surface area contributed by atoms with Gasteiger partial charge in [0.1, 0.15) is 5.69 Å². The minimum atomic E-state index is -0.616. The van der Waals surface area contributed by atoms with Gasteiger partial charge in [-0.15, -0.1) is 4.91 Å². The van der Waals surface area contributed by atoms with Crippen molar-refractivity contribution in [1.29, 1.82) is 0 Å². The number of hydrogen-bond donors (Lipinski definition) is 1. The number of rotatable bonds is 4. The van der Waals surface area contributed by atoms with E-state index in [0.717, 1.165) is 0 Å². The Morgan fingerprint density at radius 3 is 2.86 bits per heavy atom. The van der Waals surface area contributed by atoms with Crippen LogP contribution in [-0.2, 0) is 0 Å². The average molecular weight is 195 g/mol. The Labute approximate surface area is 80.1 Å². The Morgan fingerprint density at radius 2 is 2.36 bits per heavy atom. The van der Waals surface area contributed by atoms with E-state index in [1.807, 2.05) is 0 Å². The molecular weight excluding hydrogens is 186 g/mol. The Morgan fingerprint density at radius 1 is 1.57 bits per heavy atom. The van der Waals surface area contributed by atoms with E-state index in [2.05, 4.69) is 10.3 Å². The van der Waals surface area contributed by atoms with Gasteiger partial charge in [-0.25, -0.2) is 0 Å². The minimum absolute atomic E-state index is 0.126. The highest BCUT2D eigenvalue weighted by Gasteiger charge is 2.16. The van der Waals surface area contributed by atoms with E-state index in [9.17, 15) is 9.70 Å². The fourth-order valence-corrected chi connectivity index (χ4v) is 0.896. The molecule has 6 nitrogen and oxygen atoms in total. The zero-order valence-corrected chi connectivity index (χ0v) is 7.33. The number of carbonyl (C=O) groups excluding carboxylic acids is 1. The number of nitrogens with zero attached hydrogens (tertiary/aromatic N) is 3. The number of aromatic nitrogens is 1. The third kappa shape index (κ3) is 2.33. The first kappa shape index (κ1) is 10.3. The van der Waals surface area contributed by atoms with Crippen molar-refractivity contribution in [3.05, 3.63) is 35.0 Å². The first-order chi connectivity index (χ1) is 6.79. The Kier molecular flexibility index (Phi) is 3.69. The molecule has 0 radical (unpaired) electrons. The van der Waals surface area contributed by atoms with Crippen LogP contribution in [0.2, 0.25) is 0 Å². The zero-order chi connectivity index (χ0) is 10.4. The maximum atomic E-state index is 11.4. The van der Waals surface area contributed by atoms with Crippen LogP contribution in [0.25, 0.3) is 0 Å². The monoisotopic (exact) mass is 195 g/mol. The van der Waals surface area contributed by atoms with Crippen molar-refractivity contribution in [3.8, 4) is 0 Å². The lowest BCUT2D eigenvalue weighted by atomic mass is 10.3. The maximum absolute atomic E-state index is 11.4. The average Bonchev–Trinajstić information content (AvgIpc) is 2.26. The number of aliphatic hydroxyl groups excluding tert-OH is 1. The van der Waals surface area contributed by atoms with Crippen LogP contribution in [0.4, 0.5) is 0 Å². The van der Waals surface area contributed by atoms with Crippen LogP contribution >= 0.6 is 0 Å². The fourth-order valence-electron chi connectivity index (χ4n) is 0.896. The number of amides is 1. The molecule has 0 aliphatic rings. The van der Waals surface area contributed by atoms with Gasteiger partial charge < -0.3 is 5.11 Å². The van der Waals surface area contributed by atoms with Crippen LogP contribution in [-0.4, -0.2) is 34.2 Å². The standard InChI is InChI=1S/C8H9N3O3/c12-6-5-11(10-14)8(13)7-3-1-2-4-9-7/h1-4,12H,5-6H2. The van der Waals surface area contributed by atoms with Crippen molar-refractivity contribution in [2.24, 2.45) is 5.29 Å². The fraction of sp³-hybridized carbons (Fsp3) is 0.250. The molecule has 0 unspecified atom stereocenters. The van der Waals surface area contributed by atoms with Gasteiger partial charge in [-0.05, 0) is 12.1 Å². The van der Waals surface area contributed by atoms with E-state index in [1.54, 1.807) is 12.1 Å². The van der Waals surface area contributed by atoms with E-state index in [0.29, 0.717) is 5.01 Å². The van der Waals surface area contributed by atoms with Crippen molar-refractivity contribution in [2.75, 3.05) is 13.2 Å². The molecule has 1 heterocycles. The molecule has 0 atom stereocenters. The second-order valence-electron chi connectivity index (χ2n) is 2.45. The summed E-state index contributed by atoms with van der Waals surface area (Å²) in [7, 11) is 0. The summed E-state index contributed by atoms with van der Waals surface area (Å²) >= 11 is 0. The molecule has 1 amide bonds. The molecule has 1 N–H and O–H groups in total. The highest BCUT2D eigenvalue weighted by molar-refractivity contribution is 5.91. The normalized spacial score (nSPS) is 9.50. The van der Waals surface area contributed by atoms with E-state index in [-0.39, 0.29) is 18.8 Å². The molecule has 6 heteroatoms. The second-order valence-corrected chi connectivity index (χ2v) is 2.45. The van der Waals surface area contributed by atoms with Crippen LogP contribution in [0.3, 0.4) is 0 Å². The molecule has 0 spiro atoms. The van der Waals surface area contributed by atoms with E-state index in [1.165, 1.54) is 12.3 Å². The van der Waals surface area contributed by atoms with Crippen LogP contribution in [0.1, 0.15) is 10.5 Å². The lowest BCUT2D eigenvalue weighted by molar-refractivity contribution is 0.0718. The van der Waals surface area contributed by atoms with Crippen molar-refractivity contribution < 1.29 is 9.90 Å². The van der Waals surface area contributed by atoms with Gasteiger partial charge in [0.15, 0.2) is 0 Å². The van der Waals surface area contributed by atoms with Gasteiger partial charge >= 0.3 is 0 Å². The van der Waals surface area contributed by atoms with Crippen LogP contribution in [0, 0.1) is 4.91 Å². The predicted molar refractivity (Wildman–Crippen MR) is 48.2 cm³/mol. The Hall–Kier alpha value is -1.82. The molecule has 0 aromatic carbocycles. The van der Waals surface area contributed by atoms with Crippen LogP contribution in [0.15, 0.2) is 29.7 Å². The number of nitroso groups, excluding NO2 is 1. The SMILES string of the molecule is O=NN(CCO)C(=O)c1ccccn1. The molecule has 74 valence electrons. The molecule has 0 fully saturated rings. The number of carbonyl (C=O) groups is 1.